The van der Waals surface area contributed by atoms with E-state index in [-0.39, 0.29) is 23.6 Å². The molecule has 0 radical (unpaired) electrons. The van der Waals surface area contributed by atoms with Crippen molar-refractivity contribution in [2.24, 2.45) is 0 Å². The zero-order valence-corrected chi connectivity index (χ0v) is 15.3. The molecule has 0 aromatic carbocycles. The molecule has 3 saturated heterocycles. The summed E-state index contributed by atoms with van der Waals surface area (Å²) in [5.74, 6) is 1.97. The topological polar surface area (TPSA) is 87.7 Å². The Labute approximate surface area is 148 Å². The van der Waals surface area contributed by atoms with E-state index >= 15 is 0 Å². The van der Waals surface area contributed by atoms with Crippen molar-refractivity contribution in [1.29, 1.82) is 0 Å². The van der Waals surface area contributed by atoms with E-state index in [1.807, 2.05) is 6.07 Å². The predicted octanol–water partition coefficient (Wildman–Crippen LogP) is -0.333. The number of hydrogen-bond donors (Lipinski definition) is 1. The molecule has 0 unspecified atom stereocenters. The standard InChI is InChI=1S/C16H25N5O3S/c1-24-12-3-7-20(8-4-12)16-18-5-2-15(19-16)21-9-6-17-13-10-25(22,23)11-14(13)21/h2,5,12-14,17H,3-4,6-11H2,1H3/t13-,14+/m1/s1. The van der Waals surface area contributed by atoms with Crippen LogP contribution in [0.2, 0.25) is 0 Å². The Bertz CT molecular complexity index is 720. The van der Waals surface area contributed by atoms with Gasteiger partial charge in [-0.05, 0) is 18.9 Å². The van der Waals surface area contributed by atoms with Gasteiger partial charge in [-0.3, -0.25) is 0 Å². The van der Waals surface area contributed by atoms with Crippen LogP contribution in [-0.2, 0) is 14.6 Å². The van der Waals surface area contributed by atoms with Crippen molar-refractivity contribution >= 4 is 21.6 Å². The number of methoxy groups -OCH3 is 1. The van der Waals surface area contributed by atoms with Crippen molar-refractivity contribution in [1.82, 2.24) is 15.3 Å². The van der Waals surface area contributed by atoms with Crippen LogP contribution in [0.3, 0.4) is 0 Å². The average Bonchev–Trinajstić information content (AvgIpc) is 2.95. The largest absolute Gasteiger partial charge is 0.381 e. The van der Waals surface area contributed by atoms with Gasteiger partial charge in [0.2, 0.25) is 5.95 Å². The van der Waals surface area contributed by atoms with Crippen molar-refractivity contribution in [3.63, 3.8) is 0 Å². The Morgan fingerprint density at radius 1 is 1.24 bits per heavy atom. The van der Waals surface area contributed by atoms with Gasteiger partial charge in [0.15, 0.2) is 9.84 Å². The number of anilines is 2. The molecule has 1 aromatic rings. The summed E-state index contributed by atoms with van der Waals surface area (Å²) in [4.78, 5) is 13.5. The first-order chi connectivity index (χ1) is 12.1. The number of rotatable bonds is 3. The van der Waals surface area contributed by atoms with Gasteiger partial charge in [0.05, 0.1) is 23.7 Å². The van der Waals surface area contributed by atoms with Crippen LogP contribution in [-0.4, -0.2) is 81.4 Å². The quantitative estimate of drug-likeness (QED) is 0.777. The fraction of sp³-hybridized carbons (Fsp3) is 0.750. The molecule has 4 heterocycles. The lowest BCUT2D eigenvalue weighted by Crippen LogP contribution is -2.57. The van der Waals surface area contributed by atoms with Crippen LogP contribution in [0.15, 0.2) is 12.3 Å². The number of aromatic nitrogens is 2. The molecule has 3 fully saturated rings. The highest BCUT2D eigenvalue weighted by Crippen LogP contribution is 2.27. The molecule has 3 aliphatic rings. The first-order valence-electron chi connectivity index (χ1n) is 8.87. The van der Waals surface area contributed by atoms with Gasteiger partial charge < -0.3 is 19.9 Å². The Morgan fingerprint density at radius 3 is 2.80 bits per heavy atom. The van der Waals surface area contributed by atoms with Gasteiger partial charge in [-0.15, -0.1) is 0 Å². The van der Waals surface area contributed by atoms with E-state index in [1.165, 1.54) is 0 Å². The summed E-state index contributed by atoms with van der Waals surface area (Å²) in [5.41, 5.74) is 0. The lowest BCUT2D eigenvalue weighted by atomic mass is 10.1. The molecule has 0 spiro atoms. The highest BCUT2D eigenvalue weighted by Gasteiger charge is 2.43. The lowest BCUT2D eigenvalue weighted by molar-refractivity contribution is 0.0816. The first-order valence-corrected chi connectivity index (χ1v) is 10.7. The molecule has 1 aromatic heterocycles. The van der Waals surface area contributed by atoms with Crippen molar-refractivity contribution in [3.05, 3.63) is 12.3 Å². The third-order valence-corrected chi connectivity index (χ3v) is 7.18. The maximum absolute atomic E-state index is 12.0. The molecular formula is C16H25N5O3S. The summed E-state index contributed by atoms with van der Waals surface area (Å²) in [6.07, 6.45) is 4.04. The lowest BCUT2D eigenvalue weighted by Gasteiger charge is -2.38. The molecule has 3 aliphatic heterocycles. The number of fused-ring (bicyclic) bond motifs is 1. The van der Waals surface area contributed by atoms with Crippen LogP contribution >= 0.6 is 0 Å². The second-order valence-corrected chi connectivity index (χ2v) is 9.19. The zero-order chi connectivity index (χ0) is 17.4. The van der Waals surface area contributed by atoms with Crippen LogP contribution in [0, 0.1) is 0 Å². The van der Waals surface area contributed by atoms with E-state index < -0.39 is 9.84 Å². The Balaban J connectivity index is 1.53. The Morgan fingerprint density at radius 2 is 2.04 bits per heavy atom. The normalized spacial score (nSPS) is 29.6. The van der Waals surface area contributed by atoms with Crippen molar-refractivity contribution in [2.45, 2.75) is 31.0 Å². The zero-order valence-electron chi connectivity index (χ0n) is 14.5. The number of nitrogens with one attached hydrogen (secondary N) is 1. The molecular weight excluding hydrogens is 342 g/mol. The molecule has 8 nitrogen and oxygen atoms in total. The average molecular weight is 367 g/mol. The number of piperazine rings is 1. The van der Waals surface area contributed by atoms with Gasteiger partial charge in [-0.2, -0.15) is 4.98 Å². The number of ether oxygens (including phenoxy) is 1. The SMILES string of the molecule is COC1CCN(c2nccc(N3CCN[C@@H]4CS(=O)(=O)C[C@@H]43)n2)CC1. The van der Waals surface area contributed by atoms with Gasteiger partial charge >= 0.3 is 0 Å². The predicted molar refractivity (Wildman–Crippen MR) is 95.9 cm³/mol. The second kappa shape index (κ2) is 6.69. The van der Waals surface area contributed by atoms with E-state index in [4.69, 9.17) is 9.72 Å². The second-order valence-electron chi connectivity index (χ2n) is 7.04. The van der Waals surface area contributed by atoms with Gasteiger partial charge in [0.1, 0.15) is 5.82 Å². The fourth-order valence-corrected chi connectivity index (χ4v) is 6.05. The van der Waals surface area contributed by atoms with E-state index in [0.29, 0.717) is 6.10 Å². The number of sulfone groups is 1. The summed E-state index contributed by atoms with van der Waals surface area (Å²) in [5, 5.41) is 3.34. The molecule has 138 valence electrons. The summed E-state index contributed by atoms with van der Waals surface area (Å²) < 4.78 is 29.5. The molecule has 1 N–H and O–H groups in total. The third kappa shape index (κ3) is 3.45. The molecule has 0 saturated carbocycles. The summed E-state index contributed by atoms with van der Waals surface area (Å²) in [6, 6.07) is 1.84. The summed E-state index contributed by atoms with van der Waals surface area (Å²) in [6.45, 7) is 3.29. The van der Waals surface area contributed by atoms with Gasteiger partial charge in [0.25, 0.3) is 0 Å². The van der Waals surface area contributed by atoms with Crippen molar-refractivity contribution in [3.8, 4) is 0 Å². The number of nitrogens with zero attached hydrogens (tertiary/aromatic N) is 4. The van der Waals surface area contributed by atoms with Crippen LogP contribution < -0.4 is 15.1 Å². The Kier molecular flexibility index (Phi) is 4.55. The van der Waals surface area contributed by atoms with Crippen LogP contribution in [0.4, 0.5) is 11.8 Å². The van der Waals surface area contributed by atoms with Gasteiger partial charge in [0, 0.05) is 45.5 Å². The Hall–Kier alpha value is -1.45. The summed E-state index contributed by atoms with van der Waals surface area (Å²) in [7, 11) is -1.22. The minimum absolute atomic E-state index is 0.00499. The maximum Gasteiger partial charge on any atom is 0.227 e. The summed E-state index contributed by atoms with van der Waals surface area (Å²) >= 11 is 0. The number of hydrogen-bond acceptors (Lipinski definition) is 8. The molecule has 4 rings (SSSR count). The minimum Gasteiger partial charge on any atom is -0.381 e. The van der Waals surface area contributed by atoms with Gasteiger partial charge in [-0.1, -0.05) is 0 Å². The minimum atomic E-state index is -2.98. The molecule has 2 atom stereocenters. The van der Waals surface area contributed by atoms with E-state index in [0.717, 1.165) is 50.8 Å². The van der Waals surface area contributed by atoms with E-state index in [1.54, 1.807) is 13.3 Å². The van der Waals surface area contributed by atoms with E-state index in [2.05, 4.69) is 20.1 Å². The molecule has 0 amide bonds. The van der Waals surface area contributed by atoms with Crippen LogP contribution in [0.25, 0.3) is 0 Å². The van der Waals surface area contributed by atoms with Crippen molar-refractivity contribution < 1.29 is 13.2 Å². The molecule has 0 aliphatic carbocycles. The van der Waals surface area contributed by atoms with Crippen LogP contribution in [0.5, 0.6) is 0 Å². The maximum atomic E-state index is 12.0. The third-order valence-electron chi connectivity index (χ3n) is 5.46. The fourth-order valence-electron chi connectivity index (χ4n) is 4.09. The monoisotopic (exact) mass is 367 g/mol. The van der Waals surface area contributed by atoms with Crippen molar-refractivity contribution in [2.75, 3.05) is 54.6 Å². The molecule has 25 heavy (non-hydrogen) atoms. The molecule has 0 bridgehead atoms. The van der Waals surface area contributed by atoms with E-state index in [9.17, 15) is 8.42 Å². The first kappa shape index (κ1) is 17.0. The molecule has 9 heteroatoms. The van der Waals surface area contributed by atoms with Gasteiger partial charge in [-0.25, -0.2) is 13.4 Å². The number of piperidine rings is 1. The highest BCUT2D eigenvalue weighted by molar-refractivity contribution is 7.91. The van der Waals surface area contributed by atoms with Crippen LogP contribution in [0.1, 0.15) is 12.8 Å². The smallest absolute Gasteiger partial charge is 0.227 e. The highest BCUT2D eigenvalue weighted by atomic mass is 32.2.